The van der Waals surface area contributed by atoms with Gasteiger partial charge >= 0.3 is 5.97 Å². The van der Waals surface area contributed by atoms with E-state index in [-0.39, 0.29) is 6.42 Å². The maximum absolute atomic E-state index is 10.4. The van der Waals surface area contributed by atoms with Crippen molar-refractivity contribution in [1.82, 2.24) is 5.32 Å². The average molecular weight is 215 g/mol. The standard InChI is InChI=1S/C11H21NO3/c1-12-10(3-2-4-11(13)14)9-5-7-15-8-6-9/h9-10,12H,2-8H2,1H3,(H,13,14). The molecule has 1 saturated heterocycles. The van der Waals surface area contributed by atoms with Gasteiger partial charge in [-0.1, -0.05) is 0 Å². The van der Waals surface area contributed by atoms with Crippen LogP contribution >= 0.6 is 0 Å². The number of hydrogen-bond acceptors (Lipinski definition) is 3. The van der Waals surface area contributed by atoms with Crippen LogP contribution in [0.4, 0.5) is 0 Å². The Morgan fingerprint density at radius 2 is 2.20 bits per heavy atom. The van der Waals surface area contributed by atoms with Crippen LogP contribution in [0, 0.1) is 5.92 Å². The SMILES string of the molecule is CNC(CCCC(=O)O)C1CCOCC1. The monoisotopic (exact) mass is 215 g/mol. The van der Waals surface area contributed by atoms with Crippen molar-refractivity contribution >= 4 is 5.97 Å². The summed E-state index contributed by atoms with van der Waals surface area (Å²) in [4.78, 5) is 10.4. The van der Waals surface area contributed by atoms with Crippen molar-refractivity contribution in [3.8, 4) is 0 Å². The molecule has 1 heterocycles. The summed E-state index contributed by atoms with van der Waals surface area (Å²) in [6.45, 7) is 1.70. The van der Waals surface area contributed by atoms with Gasteiger partial charge in [0.05, 0.1) is 0 Å². The smallest absolute Gasteiger partial charge is 0.303 e. The van der Waals surface area contributed by atoms with Crippen LogP contribution in [0.2, 0.25) is 0 Å². The van der Waals surface area contributed by atoms with Gasteiger partial charge in [-0.05, 0) is 38.6 Å². The molecule has 0 aromatic carbocycles. The highest BCUT2D eigenvalue weighted by atomic mass is 16.5. The van der Waals surface area contributed by atoms with E-state index in [1.54, 1.807) is 0 Å². The van der Waals surface area contributed by atoms with Crippen LogP contribution in [0.3, 0.4) is 0 Å². The highest BCUT2D eigenvalue weighted by Gasteiger charge is 2.22. The molecule has 4 nitrogen and oxygen atoms in total. The summed E-state index contributed by atoms with van der Waals surface area (Å²) in [6, 6.07) is 0.452. The second kappa shape index (κ2) is 6.80. The molecule has 15 heavy (non-hydrogen) atoms. The number of aliphatic carboxylic acids is 1. The number of hydrogen-bond donors (Lipinski definition) is 2. The molecule has 0 aromatic heterocycles. The van der Waals surface area contributed by atoms with Crippen LogP contribution in [-0.2, 0) is 9.53 Å². The van der Waals surface area contributed by atoms with Gasteiger partial charge in [0.2, 0.25) is 0 Å². The third-order valence-corrected chi connectivity index (χ3v) is 3.11. The molecule has 1 aliphatic rings. The summed E-state index contributed by atoms with van der Waals surface area (Å²) in [5.41, 5.74) is 0. The molecule has 1 atom stereocenters. The fourth-order valence-corrected chi connectivity index (χ4v) is 2.21. The molecule has 0 aliphatic carbocycles. The predicted molar refractivity (Wildman–Crippen MR) is 57.9 cm³/mol. The van der Waals surface area contributed by atoms with Gasteiger partial charge in [0, 0.05) is 25.7 Å². The fraction of sp³-hybridized carbons (Fsp3) is 0.909. The molecule has 4 heteroatoms. The summed E-state index contributed by atoms with van der Waals surface area (Å²) in [5.74, 6) is -0.0469. The van der Waals surface area contributed by atoms with E-state index in [1.165, 1.54) is 0 Å². The van der Waals surface area contributed by atoms with E-state index in [0.717, 1.165) is 38.9 Å². The van der Waals surface area contributed by atoms with E-state index in [4.69, 9.17) is 9.84 Å². The minimum Gasteiger partial charge on any atom is -0.481 e. The lowest BCUT2D eigenvalue weighted by Gasteiger charge is -2.30. The largest absolute Gasteiger partial charge is 0.481 e. The molecule has 1 unspecified atom stereocenters. The molecular weight excluding hydrogens is 194 g/mol. The summed E-state index contributed by atoms with van der Waals surface area (Å²) in [7, 11) is 1.96. The first-order valence-electron chi connectivity index (χ1n) is 5.71. The molecular formula is C11H21NO3. The number of carbonyl (C=O) groups is 1. The van der Waals surface area contributed by atoms with Gasteiger partial charge in [-0.2, -0.15) is 0 Å². The fourth-order valence-electron chi connectivity index (χ4n) is 2.21. The number of carboxylic acids is 1. The van der Waals surface area contributed by atoms with E-state index in [1.807, 2.05) is 7.05 Å². The van der Waals surface area contributed by atoms with Crippen LogP contribution in [-0.4, -0.2) is 37.4 Å². The van der Waals surface area contributed by atoms with E-state index >= 15 is 0 Å². The first kappa shape index (κ1) is 12.5. The Hall–Kier alpha value is -0.610. The van der Waals surface area contributed by atoms with Crippen LogP contribution in [0.15, 0.2) is 0 Å². The van der Waals surface area contributed by atoms with Crippen molar-refractivity contribution in [1.29, 1.82) is 0 Å². The maximum atomic E-state index is 10.4. The van der Waals surface area contributed by atoms with Gasteiger partial charge in [-0.3, -0.25) is 4.79 Å². The van der Waals surface area contributed by atoms with Crippen LogP contribution < -0.4 is 5.32 Å². The number of ether oxygens (including phenoxy) is 1. The topological polar surface area (TPSA) is 58.6 Å². The highest BCUT2D eigenvalue weighted by molar-refractivity contribution is 5.66. The average Bonchev–Trinajstić information content (AvgIpc) is 2.25. The quantitative estimate of drug-likeness (QED) is 0.700. The zero-order chi connectivity index (χ0) is 11.1. The molecule has 0 bridgehead atoms. The zero-order valence-electron chi connectivity index (χ0n) is 9.37. The number of rotatable bonds is 6. The summed E-state index contributed by atoms with van der Waals surface area (Å²) >= 11 is 0. The normalized spacial score (nSPS) is 20.1. The van der Waals surface area contributed by atoms with Crippen molar-refractivity contribution in [3.63, 3.8) is 0 Å². The summed E-state index contributed by atoms with van der Waals surface area (Å²) < 4.78 is 5.32. The molecule has 0 radical (unpaired) electrons. The summed E-state index contributed by atoms with van der Waals surface area (Å²) in [5, 5.41) is 11.9. The lowest BCUT2D eigenvalue weighted by molar-refractivity contribution is -0.137. The molecule has 0 spiro atoms. The molecule has 1 fully saturated rings. The maximum Gasteiger partial charge on any atom is 0.303 e. The second-order valence-electron chi connectivity index (χ2n) is 4.13. The van der Waals surface area contributed by atoms with Crippen molar-refractivity contribution in [2.75, 3.05) is 20.3 Å². The highest BCUT2D eigenvalue weighted by Crippen LogP contribution is 2.21. The van der Waals surface area contributed by atoms with E-state index in [0.29, 0.717) is 12.0 Å². The number of carboxylic acid groups (broad SMARTS) is 1. The molecule has 0 aromatic rings. The molecule has 0 amide bonds. The van der Waals surface area contributed by atoms with Crippen molar-refractivity contribution in [2.45, 2.75) is 38.1 Å². The van der Waals surface area contributed by atoms with Gasteiger partial charge in [0.25, 0.3) is 0 Å². The lowest BCUT2D eigenvalue weighted by atomic mass is 9.88. The Balaban J connectivity index is 2.24. The van der Waals surface area contributed by atoms with Gasteiger partial charge in [-0.15, -0.1) is 0 Å². The Labute approximate surface area is 91.0 Å². The lowest BCUT2D eigenvalue weighted by Crippen LogP contribution is -2.37. The molecule has 2 N–H and O–H groups in total. The predicted octanol–water partition coefficient (Wildman–Crippen LogP) is 1.26. The second-order valence-corrected chi connectivity index (χ2v) is 4.13. The van der Waals surface area contributed by atoms with Gasteiger partial charge in [0.15, 0.2) is 0 Å². The van der Waals surface area contributed by atoms with Gasteiger partial charge in [-0.25, -0.2) is 0 Å². The first-order valence-corrected chi connectivity index (χ1v) is 5.71. The van der Waals surface area contributed by atoms with E-state index < -0.39 is 5.97 Å². The van der Waals surface area contributed by atoms with Crippen molar-refractivity contribution in [2.24, 2.45) is 5.92 Å². The molecule has 1 aliphatic heterocycles. The third kappa shape index (κ3) is 4.62. The van der Waals surface area contributed by atoms with E-state index in [9.17, 15) is 4.79 Å². The Kier molecular flexibility index (Phi) is 5.65. The minimum absolute atomic E-state index is 0.279. The van der Waals surface area contributed by atoms with Crippen LogP contribution in [0.1, 0.15) is 32.1 Å². The Bertz CT molecular complexity index is 190. The number of nitrogens with one attached hydrogen (secondary N) is 1. The molecule has 88 valence electrons. The first-order chi connectivity index (χ1) is 7.24. The van der Waals surface area contributed by atoms with Gasteiger partial charge < -0.3 is 15.2 Å². The van der Waals surface area contributed by atoms with Crippen molar-refractivity contribution in [3.05, 3.63) is 0 Å². The third-order valence-electron chi connectivity index (χ3n) is 3.11. The minimum atomic E-state index is -0.697. The Morgan fingerprint density at radius 3 is 2.73 bits per heavy atom. The Morgan fingerprint density at radius 1 is 1.53 bits per heavy atom. The van der Waals surface area contributed by atoms with Crippen molar-refractivity contribution < 1.29 is 14.6 Å². The molecule has 1 rings (SSSR count). The van der Waals surface area contributed by atoms with Crippen LogP contribution in [0.25, 0.3) is 0 Å². The summed E-state index contributed by atoms with van der Waals surface area (Å²) in [6.07, 6.45) is 4.18. The molecule has 0 saturated carbocycles. The van der Waals surface area contributed by atoms with Gasteiger partial charge in [0.1, 0.15) is 0 Å². The zero-order valence-corrected chi connectivity index (χ0v) is 9.37. The van der Waals surface area contributed by atoms with E-state index in [2.05, 4.69) is 5.32 Å². The van der Waals surface area contributed by atoms with Crippen LogP contribution in [0.5, 0.6) is 0 Å².